The Labute approximate surface area is 334 Å². The summed E-state index contributed by atoms with van der Waals surface area (Å²) in [6.45, 7) is 0. The highest BCUT2D eigenvalue weighted by Gasteiger charge is 2.20. The van der Waals surface area contributed by atoms with Gasteiger partial charge in [0.25, 0.3) is 0 Å². The highest BCUT2D eigenvalue weighted by molar-refractivity contribution is 7.26. The molecule has 57 heavy (non-hydrogen) atoms. The van der Waals surface area contributed by atoms with Crippen molar-refractivity contribution in [2.45, 2.75) is 0 Å². The second kappa shape index (κ2) is 13.8. The van der Waals surface area contributed by atoms with Crippen LogP contribution in [0.3, 0.4) is 0 Å². The van der Waals surface area contributed by atoms with Crippen LogP contribution < -0.4 is 0 Å². The maximum absolute atomic E-state index is 5.37. The molecule has 0 spiro atoms. The van der Waals surface area contributed by atoms with Gasteiger partial charge in [-0.15, -0.1) is 11.3 Å². The molecule has 9 aromatic carbocycles. The molecule has 0 N–H and O–H groups in total. The highest BCUT2D eigenvalue weighted by atomic mass is 32.1. The molecule has 0 atom stereocenters. The van der Waals surface area contributed by atoms with Gasteiger partial charge in [-0.3, -0.25) is 0 Å². The summed E-state index contributed by atoms with van der Waals surface area (Å²) in [7, 11) is 0. The lowest BCUT2D eigenvalue weighted by atomic mass is 9.96. The first-order chi connectivity index (χ1) is 28.2. The van der Waals surface area contributed by atoms with Crippen molar-refractivity contribution in [2.24, 2.45) is 0 Å². The minimum absolute atomic E-state index is 0.641. The molecule has 0 saturated heterocycles. The molecule has 266 valence electrons. The van der Waals surface area contributed by atoms with E-state index in [1.54, 1.807) is 0 Å². The van der Waals surface area contributed by atoms with Crippen LogP contribution in [0.25, 0.3) is 109 Å². The number of hydrogen-bond acceptors (Lipinski definition) is 4. The van der Waals surface area contributed by atoms with Crippen LogP contribution >= 0.6 is 11.3 Å². The van der Waals surface area contributed by atoms with E-state index in [1.165, 1.54) is 53.4 Å². The van der Waals surface area contributed by atoms with Crippen molar-refractivity contribution in [2.75, 3.05) is 0 Å². The molecule has 2 heterocycles. The van der Waals surface area contributed by atoms with Crippen molar-refractivity contribution in [1.82, 2.24) is 15.0 Å². The maximum Gasteiger partial charge on any atom is 0.164 e. The summed E-state index contributed by atoms with van der Waals surface area (Å²) in [4.78, 5) is 15.9. The van der Waals surface area contributed by atoms with Crippen LogP contribution in [0.2, 0.25) is 0 Å². The SMILES string of the molecule is c1ccc(-c2ccc(-c3nc(-c4cc5ccccc5c5ccccc45)nc(-c4cccc5sc6c(-c7cccc(-c8ccccc8)c7)cccc6c45)n3)cc2)cc1. The molecule has 11 rings (SSSR count). The van der Waals surface area contributed by atoms with E-state index < -0.39 is 0 Å². The smallest absolute Gasteiger partial charge is 0.164 e. The predicted molar refractivity (Wildman–Crippen MR) is 240 cm³/mol. The van der Waals surface area contributed by atoms with Crippen LogP contribution in [0, 0.1) is 0 Å². The van der Waals surface area contributed by atoms with Gasteiger partial charge in [0.15, 0.2) is 17.5 Å². The van der Waals surface area contributed by atoms with Gasteiger partial charge in [-0.05, 0) is 73.1 Å². The van der Waals surface area contributed by atoms with Crippen LogP contribution in [0.4, 0.5) is 0 Å². The van der Waals surface area contributed by atoms with E-state index in [-0.39, 0.29) is 0 Å². The third-order valence-corrected chi connectivity index (χ3v) is 12.1. The zero-order valence-electron chi connectivity index (χ0n) is 30.8. The third kappa shape index (κ3) is 5.86. The lowest BCUT2D eigenvalue weighted by Crippen LogP contribution is -2.01. The van der Waals surface area contributed by atoms with Gasteiger partial charge in [-0.1, -0.05) is 182 Å². The molecule has 0 fully saturated rings. The molecule has 11 aromatic rings. The molecule has 4 heteroatoms. The summed E-state index contributed by atoms with van der Waals surface area (Å²) in [6, 6.07) is 71.0. The number of thiophene rings is 1. The number of nitrogens with zero attached hydrogens (tertiary/aromatic N) is 3. The number of rotatable bonds is 6. The van der Waals surface area contributed by atoms with Crippen LogP contribution in [-0.4, -0.2) is 15.0 Å². The summed E-state index contributed by atoms with van der Waals surface area (Å²) >= 11 is 1.83. The Bertz CT molecular complexity index is 3280. The zero-order chi connectivity index (χ0) is 37.7. The summed E-state index contributed by atoms with van der Waals surface area (Å²) < 4.78 is 2.44. The highest BCUT2D eigenvalue weighted by Crippen LogP contribution is 2.44. The first-order valence-corrected chi connectivity index (χ1v) is 20.0. The Balaban J connectivity index is 1.12. The average molecular weight is 744 g/mol. The number of aromatic nitrogens is 3. The van der Waals surface area contributed by atoms with Gasteiger partial charge in [0, 0.05) is 36.9 Å². The van der Waals surface area contributed by atoms with E-state index in [0.717, 1.165) is 38.4 Å². The number of benzene rings is 9. The van der Waals surface area contributed by atoms with Gasteiger partial charge in [0.05, 0.1) is 0 Å². The summed E-state index contributed by atoms with van der Waals surface area (Å²) in [6.07, 6.45) is 0. The van der Waals surface area contributed by atoms with Crippen molar-refractivity contribution >= 4 is 53.1 Å². The minimum atomic E-state index is 0.641. The van der Waals surface area contributed by atoms with Gasteiger partial charge in [-0.2, -0.15) is 0 Å². The Morgan fingerprint density at radius 3 is 1.61 bits per heavy atom. The van der Waals surface area contributed by atoms with E-state index in [9.17, 15) is 0 Å². The fraction of sp³-hybridized carbons (Fsp3) is 0. The van der Waals surface area contributed by atoms with Crippen molar-refractivity contribution in [1.29, 1.82) is 0 Å². The standard InChI is InChI=1S/C53H33N3S/c1-3-14-34(15-4-1)36-28-30-37(31-29-36)51-54-52(56-53(55-51)47-33-40-18-7-8-21-41(40)43-22-9-10-23-44(43)47)46-26-13-27-48-49(46)45-25-12-24-42(50(45)57-48)39-20-11-19-38(32-39)35-16-5-2-6-17-35/h1-33H. The maximum atomic E-state index is 5.37. The van der Waals surface area contributed by atoms with E-state index >= 15 is 0 Å². The summed E-state index contributed by atoms with van der Waals surface area (Å²) in [5.74, 6) is 1.95. The molecular weight excluding hydrogens is 711 g/mol. The van der Waals surface area contributed by atoms with E-state index in [4.69, 9.17) is 15.0 Å². The summed E-state index contributed by atoms with van der Waals surface area (Å²) in [5.41, 5.74) is 10.1. The van der Waals surface area contributed by atoms with Crippen LogP contribution in [0.5, 0.6) is 0 Å². The van der Waals surface area contributed by atoms with Crippen LogP contribution in [-0.2, 0) is 0 Å². The van der Waals surface area contributed by atoms with Gasteiger partial charge in [0.1, 0.15) is 0 Å². The number of hydrogen-bond donors (Lipinski definition) is 0. The largest absolute Gasteiger partial charge is 0.208 e. The Morgan fingerprint density at radius 2 is 0.825 bits per heavy atom. The van der Waals surface area contributed by atoms with Gasteiger partial charge >= 0.3 is 0 Å². The quantitative estimate of drug-likeness (QED) is 0.159. The molecule has 0 amide bonds. The van der Waals surface area contributed by atoms with E-state index in [1.807, 2.05) is 17.4 Å². The first kappa shape index (κ1) is 33.1. The van der Waals surface area contributed by atoms with Crippen LogP contribution in [0.15, 0.2) is 200 Å². The molecule has 0 saturated carbocycles. The monoisotopic (exact) mass is 743 g/mol. The van der Waals surface area contributed by atoms with E-state index in [2.05, 4.69) is 194 Å². The summed E-state index contributed by atoms with van der Waals surface area (Å²) in [5, 5.41) is 7.00. The first-order valence-electron chi connectivity index (χ1n) is 19.2. The number of fused-ring (bicyclic) bond motifs is 6. The molecule has 0 unspecified atom stereocenters. The second-order valence-corrected chi connectivity index (χ2v) is 15.4. The van der Waals surface area contributed by atoms with Gasteiger partial charge in [-0.25, -0.2) is 15.0 Å². The van der Waals surface area contributed by atoms with E-state index in [0.29, 0.717) is 17.5 Å². The fourth-order valence-electron chi connectivity index (χ4n) is 8.19. The van der Waals surface area contributed by atoms with Crippen molar-refractivity contribution in [3.8, 4) is 67.5 Å². The van der Waals surface area contributed by atoms with Gasteiger partial charge in [0.2, 0.25) is 0 Å². The predicted octanol–water partition coefficient (Wildman–Crippen LogP) is 14.5. The lowest BCUT2D eigenvalue weighted by molar-refractivity contribution is 1.08. The average Bonchev–Trinajstić information content (AvgIpc) is 3.69. The van der Waals surface area contributed by atoms with Gasteiger partial charge < -0.3 is 0 Å². The van der Waals surface area contributed by atoms with Crippen LogP contribution in [0.1, 0.15) is 0 Å². The second-order valence-electron chi connectivity index (χ2n) is 14.4. The molecule has 0 aliphatic rings. The van der Waals surface area contributed by atoms with Crippen molar-refractivity contribution < 1.29 is 0 Å². The molecule has 0 radical (unpaired) electrons. The fourth-order valence-corrected chi connectivity index (χ4v) is 9.45. The molecule has 0 bridgehead atoms. The van der Waals surface area contributed by atoms with Crippen molar-refractivity contribution in [3.05, 3.63) is 200 Å². The Morgan fingerprint density at radius 1 is 0.298 bits per heavy atom. The molecule has 0 aliphatic carbocycles. The van der Waals surface area contributed by atoms with Crippen molar-refractivity contribution in [3.63, 3.8) is 0 Å². The molecule has 2 aromatic heterocycles. The Kier molecular flexibility index (Phi) is 8.01. The lowest BCUT2D eigenvalue weighted by Gasteiger charge is -2.13. The Hall–Kier alpha value is -7.27. The topological polar surface area (TPSA) is 38.7 Å². The third-order valence-electron chi connectivity index (χ3n) is 10.9. The zero-order valence-corrected chi connectivity index (χ0v) is 31.6. The molecule has 3 nitrogen and oxygen atoms in total. The minimum Gasteiger partial charge on any atom is -0.208 e. The molecular formula is C53H33N3S. The normalized spacial score (nSPS) is 11.5. The molecule has 0 aliphatic heterocycles.